The topological polar surface area (TPSA) is 115 Å². The molecule has 1 aliphatic rings. The molecule has 0 saturated carbocycles. The van der Waals surface area contributed by atoms with E-state index in [1.807, 2.05) is 13.8 Å². The molecule has 0 spiro atoms. The van der Waals surface area contributed by atoms with E-state index in [1.54, 1.807) is 20.8 Å². The van der Waals surface area contributed by atoms with E-state index in [-0.39, 0.29) is 36.2 Å². The number of halogens is 1. The van der Waals surface area contributed by atoms with Crippen LogP contribution in [-0.2, 0) is 26.4 Å². The van der Waals surface area contributed by atoms with Gasteiger partial charge in [-0.1, -0.05) is 13.8 Å². The Kier molecular flexibility index (Phi) is 9.24. The molecule has 3 aromatic heterocycles. The van der Waals surface area contributed by atoms with Crippen molar-refractivity contribution in [1.82, 2.24) is 14.1 Å². The molecule has 4 aromatic rings. The molecule has 0 amide bonds. The number of ether oxygens (including phenoxy) is 3. The molecular formula is C32H38FN3O7S. The highest BCUT2D eigenvalue weighted by Crippen LogP contribution is 2.38. The minimum atomic E-state index is -1.44. The van der Waals surface area contributed by atoms with Crippen molar-refractivity contribution in [2.24, 2.45) is 5.92 Å². The maximum absolute atomic E-state index is 14.7. The number of carbonyl (C=O) groups is 1. The lowest BCUT2D eigenvalue weighted by Gasteiger charge is -2.30. The van der Waals surface area contributed by atoms with Crippen molar-refractivity contribution in [2.45, 2.75) is 78.2 Å². The first kappa shape index (κ1) is 31.8. The van der Waals surface area contributed by atoms with E-state index in [1.165, 1.54) is 53.7 Å². The van der Waals surface area contributed by atoms with Gasteiger partial charge >= 0.3 is 5.69 Å². The number of hydrogen-bond donors (Lipinski definition) is 0. The molecule has 12 heteroatoms. The Morgan fingerprint density at radius 2 is 1.95 bits per heavy atom. The minimum Gasteiger partial charge on any atom is -0.496 e. The molecule has 0 radical (unpaired) electrons. The van der Waals surface area contributed by atoms with E-state index in [4.69, 9.17) is 18.6 Å². The Bertz CT molecular complexity index is 1760. The molecule has 236 valence electrons. The zero-order valence-corrected chi connectivity index (χ0v) is 26.7. The van der Waals surface area contributed by atoms with Crippen molar-refractivity contribution in [2.75, 3.05) is 20.3 Å². The van der Waals surface area contributed by atoms with Crippen molar-refractivity contribution in [1.29, 1.82) is 0 Å². The first-order chi connectivity index (χ1) is 20.9. The van der Waals surface area contributed by atoms with Gasteiger partial charge < -0.3 is 18.6 Å². The van der Waals surface area contributed by atoms with Crippen molar-refractivity contribution >= 4 is 27.3 Å². The third-order valence-electron chi connectivity index (χ3n) is 8.09. The van der Waals surface area contributed by atoms with E-state index in [0.29, 0.717) is 58.5 Å². The van der Waals surface area contributed by atoms with Gasteiger partial charge in [-0.05, 0) is 63.3 Å². The third-order valence-corrected chi connectivity index (χ3v) is 9.39. The van der Waals surface area contributed by atoms with E-state index < -0.39 is 28.7 Å². The van der Waals surface area contributed by atoms with Gasteiger partial charge in [0, 0.05) is 25.2 Å². The Morgan fingerprint density at radius 1 is 1.23 bits per heavy atom. The number of oxazole rings is 1. The molecule has 1 saturated heterocycles. The number of nitrogens with zero attached hydrogens (tertiary/aromatic N) is 3. The van der Waals surface area contributed by atoms with E-state index in [0.717, 1.165) is 4.57 Å². The number of thiophene rings is 1. The molecule has 0 bridgehead atoms. The summed E-state index contributed by atoms with van der Waals surface area (Å²) < 4.78 is 40.4. The van der Waals surface area contributed by atoms with Crippen molar-refractivity contribution in [3.63, 3.8) is 0 Å². The maximum atomic E-state index is 14.7. The molecule has 0 aliphatic carbocycles. The predicted molar refractivity (Wildman–Crippen MR) is 165 cm³/mol. The number of Topliss-reactive ketones (excluding diaryl/α,β-unsaturated/α-hetero) is 1. The van der Waals surface area contributed by atoms with Crippen LogP contribution in [0.4, 0.5) is 4.39 Å². The van der Waals surface area contributed by atoms with E-state index >= 15 is 0 Å². The Hall–Kier alpha value is -3.61. The summed E-state index contributed by atoms with van der Waals surface area (Å²) in [6, 6.07) is 4.16. The number of aromatic nitrogens is 3. The van der Waals surface area contributed by atoms with Crippen LogP contribution in [0.3, 0.4) is 0 Å². The van der Waals surface area contributed by atoms with Crippen LogP contribution in [0.15, 0.2) is 44.7 Å². The summed E-state index contributed by atoms with van der Waals surface area (Å²) in [6.45, 7) is 9.74. The van der Waals surface area contributed by atoms with Crippen LogP contribution >= 0.6 is 11.3 Å². The molecule has 5 rings (SSSR count). The number of ketones is 1. The number of rotatable bonds is 11. The lowest BCUT2D eigenvalue weighted by molar-refractivity contribution is -0.127. The second-order valence-electron chi connectivity index (χ2n) is 12.0. The Morgan fingerprint density at radius 3 is 2.59 bits per heavy atom. The van der Waals surface area contributed by atoms with Gasteiger partial charge in [0.05, 0.1) is 36.2 Å². The molecule has 1 aliphatic heterocycles. The monoisotopic (exact) mass is 627 g/mol. The lowest BCUT2D eigenvalue weighted by Crippen LogP contribution is -2.53. The van der Waals surface area contributed by atoms with Gasteiger partial charge in [0.2, 0.25) is 5.89 Å². The Labute approximate surface area is 258 Å². The van der Waals surface area contributed by atoms with Crippen LogP contribution in [0.25, 0.3) is 21.0 Å². The summed E-state index contributed by atoms with van der Waals surface area (Å²) in [5.74, 6) is 0.0187. The quantitative estimate of drug-likeness (QED) is 0.210. The molecule has 44 heavy (non-hydrogen) atoms. The Balaban J connectivity index is 1.77. The van der Waals surface area contributed by atoms with Crippen LogP contribution in [-0.4, -0.2) is 46.3 Å². The molecule has 1 fully saturated rings. The number of methoxy groups -OCH3 is 1. The summed E-state index contributed by atoms with van der Waals surface area (Å²) in [4.78, 5) is 47.4. The number of benzene rings is 1. The standard InChI is InChI=1S/C32H38FN3O7S/c1-18(2)15-25(37)32(4,5)36-29(38)26-19(3)27(28-34-11-14-42-28)44-30(26)35(31(36)39)17-24(43-21-9-12-41-13-10-21)22-16-20(33)7-8-23(22)40-6/h7-8,11,14,16,18,21,24H,9-10,12-13,15,17H2,1-6H3/t24-/m0/s1. The summed E-state index contributed by atoms with van der Waals surface area (Å²) in [6.07, 6.45) is 3.34. The van der Waals surface area contributed by atoms with E-state index in [2.05, 4.69) is 4.98 Å². The van der Waals surface area contributed by atoms with Gasteiger partial charge in [-0.2, -0.15) is 0 Å². The molecule has 4 heterocycles. The first-order valence-corrected chi connectivity index (χ1v) is 15.5. The van der Waals surface area contributed by atoms with Gasteiger partial charge in [0.15, 0.2) is 5.78 Å². The normalized spacial score (nSPS) is 15.3. The predicted octanol–water partition coefficient (Wildman–Crippen LogP) is 5.62. The van der Waals surface area contributed by atoms with Crippen molar-refractivity contribution in [3.8, 4) is 16.5 Å². The van der Waals surface area contributed by atoms with Gasteiger partial charge in [-0.15, -0.1) is 11.3 Å². The number of carbonyl (C=O) groups excluding carboxylic acids is 1. The molecule has 1 aromatic carbocycles. The fourth-order valence-corrected chi connectivity index (χ4v) is 6.91. The fraction of sp³-hybridized carbons (Fsp3) is 0.500. The molecule has 0 unspecified atom stereocenters. The van der Waals surface area contributed by atoms with Gasteiger partial charge in [0.1, 0.15) is 34.3 Å². The van der Waals surface area contributed by atoms with Crippen LogP contribution in [0.2, 0.25) is 0 Å². The fourth-order valence-electron chi connectivity index (χ4n) is 5.67. The van der Waals surface area contributed by atoms with Crippen LogP contribution in [0, 0.1) is 18.7 Å². The molecule has 10 nitrogen and oxygen atoms in total. The van der Waals surface area contributed by atoms with Gasteiger partial charge in [-0.25, -0.2) is 18.7 Å². The van der Waals surface area contributed by atoms with Crippen LogP contribution in [0.1, 0.15) is 64.2 Å². The SMILES string of the molecule is COc1ccc(F)cc1[C@H](Cn1c(=O)n(C(C)(C)C(=O)CC(C)C)c(=O)c2c(C)c(-c3ncco3)sc21)OC1CCOCC1. The summed E-state index contributed by atoms with van der Waals surface area (Å²) in [7, 11) is 1.49. The largest absolute Gasteiger partial charge is 0.496 e. The van der Waals surface area contributed by atoms with Gasteiger partial charge in [0.25, 0.3) is 5.56 Å². The number of aryl methyl sites for hydroxylation is 1. The summed E-state index contributed by atoms with van der Waals surface area (Å²) >= 11 is 1.20. The zero-order valence-electron chi connectivity index (χ0n) is 25.8. The number of fused-ring (bicyclic) bond motifs is 1. The second kappa shape index (κ2) is 12.8. The first-order valence-electron chi connectivity index (χ1n) is 14.7. The van der Waals surface area contributed by atoms with Crippen molar-refractivity contribution in [3.05, 3.63) is 68.4 Å². The highest BCUT2D eigenvalue weighted by Gasteiger charge is 2.36. The smallest absolute Gasteiger partial charge is 0.333 e. The maximum Gasteiger partial charge on any atom is 0.333 e. The number of hydrogen-bond acceptors (Lipinski definition) is 9. The molecule has 0 N–H and O–H groups in total. The average Bonchev–Trinajstić information content (AvgIpc) is 3.63. The lowest BCUT2D eigenvalue weighted by atomic mass is 9.91. The van der Waals surface area contributed by atoms with Crippen molar-refractivity contribution < 1.29 is 27.8 Å². The minimum absolute atomic E-state index is 0.0284. The summed E-state index contributed by atoms with van der Waals surface area (Å²) in [5, 5.41) is 0.282. The zero-order chi connectivity index (χ0) is 31.8. The van der Waals surface area contributed by atoms with E-state index in [9.17, 15) is 18.8 Å². The highest BCUT2D eigenvalue weighted by atomic mass is 32.1. The van der Waals surface area contributed by atoms with Gasteiger partial charge in [-0.3, -0.25) is 14.2 Å². The van der Waals surface area contributed by atoms with Crippen LogP contribution in [0.5, 0.6) is 5.75 Å². The van der Waals surface area contributed by atoms with Crippen LogP contribution < -0.4 is 16.0 Å². The average molecular weight is 628 g/mol. The highest BCUT2D eigenvalue weighted by molar-refractivity contribution is 7.22. The third kappa shape index (κ3) is 6.02. The summed E-state index contributed by atoms with van der Waals surface area (Å²) in [5.41, 5.74) is -1.68. The second-order valence-corrected chi connectivity index (χ2v) is 13.0. The molecule has 1 atom stereocenters. The molecular weight excluding hydrogens is 589 g/mol.